The largest absolute Gasteiger partial charge is 0.493 e. The maximum absolute atomic E-state index is 5.94. The van der Waals surface area contributed by atoms with Crippen LogP contribution in [0.5, 0.6) is 5.75 Å². The first-order valence-corrected chi connectivity index (χ1v) is 7.91. The van der Waals surface area contributed by atoms with Gasteiger partial charge in [0.05, 0.1) is 6.61 Å². The molecule has 118 valence electrons. The van der Waals surface area contributed by atoms with Crippen LogP contribution in [-0.2, 0) is 6.54 Å². The predicted molar refractivity (Wildman–Crippen MR) is 93.0 cm³/mol. The van der Waals surface area contributed by atoms with Crippen LogP contribution in [0.25, 0.3) is 0 Å². The van der Waals surface area contributed by atoms with E-state index in [1.165, 1.54) is 11.1 Å². The molecule has 2 rings (SSSR count). The summed E-state index contributed by atoms with van der Waals surface area (Å²) in [6, 6.07) is 16.4. The zero-order valence-electron chi connectivity index (χ0n) is 13.7. The third-order valence-electron chi connectivity index (χ3n) is 3.45. The molecule has 22 heavy (non-hydrogen) atoms. The summed E-state index contributed by atoms with van der Waals surface area (Å²) in [5.74, 6) is 1.63. The lowest BCUT2D eigenvalue weighted by molar-refractivity contribution is 0.286. The Bertz CT molecular complexity index is 567. The van der Waals surface area contributed by atoms with E-state index in [0.29, 0.717) is 12.5 Å². The van der Waals surface area contributed by atoms with E-state index in [9.17, 15) is 0 Å². The molecule has 0 aromatic heterocycles. The Morgan fingerprint density at radius 1 is 1.05 bits per heavy atom. The van der Waals surface area contributed by atoms with Crippen molar-refractivity contribution in [2.45, 2.75) is 33.7 Å². The van der Waals surface area contributed by atoms with Gasteiger partial charge in [0.2, 0.25) is 0 Å². The van der Waals surface area contributed by atoms with Crippen LogP contribution in [-0.4, -0.2) is 6.61 Å². The van der Waals surface area contributed by atoms with Gasteiger partial charge in [-0.1, -0.05) is 49.7 Å². The molecule has 0 aliphatic carbocycles. The maximum atomic E-state index is 5.94. The first-order chi connectivity index (χ1) is 10.6. The molecule has 0 radical (unpaired) electrons. The highest BCUT2D eigenvalue weighted by Gasteiger charge is 2.05. The summed E-state index contributed by atoms with van der Waals surface area (Å²) in [7, 11) is 0. The second-order valence-electron chi connectivity index (χ2n) is 5.99. The molecule has 0 aliphatic rings. The number of anilines is 1. The van der Waals surface area contributed by atoms with Crippen LogP contribution in [0.3, 0.4) is 0 Å². The third-order valence-corrected chi connectivity index (χ3v) is 3.45. The molecule has 0 bridgehead atoms. The van der Waals surface area contributed by atoms with E-state index in [-0.39, 0.29) is 0 Å². The van der Waals surface area contributed by atoms with E-state index in [2.05, 4.69) is 49.8 Å². The topological polar surface area (TPSA) is 33.3 Å². The molecule has 0 unspecified atom stereocenters. The van der Waals surface area contributed by atoms with Crippen LogP contribution in [0.1, 0.15) is 31.4 Å². The van der Waals surface area contributed by atoms with E-state index in [4.69, 9.17) is 4.74 Å². The van der Waals surface area contributed by atoms with Crippen molar-refractivity contribution in [3.63, 3.8) is 0 Å². The van der Waals surface area contributed by atoms with Gasteiger partial charge in [0, 0.05) is 17.8 Å². The summed E-state index contributed by atoms with van der Waals surface area (Å²) in [6.45, 7) is 8.01. The van der Waals surface area contributed by atoms with Gasteiger partial charge in [-0.15, -0.1) is 0 Å². The van der Waals surface area contributed by atoms with Crippen molar-refractivity contribution in [1.82, 2.24) is 5.43 Å². The standard InChI is InChI=1S/C19H26N2O/c1-15(2)11-12-22-19-10-9-16(3)13-17(19)14-20-21-18-7-5-4-6-8-18/h4-10,13,15,20-21H,11-12,14H2,1-3H3. The lowest BCUT2D eigenvalue weighted by atomic mass is 10.1. The number of nitrogens with one attached hydrogen (secondary N) is 2. The highest BCUT2D eigenvalue weighted by Crippen LogP contribution is 2.20. The summed E-state index contributed by atoms with van der Waals surface area (Å²) in [6.07, 6.45) is 1.07. The summed E-state index contributed by atoms with van der Waals surface area (Å²) >= 11 is 0. The highest BCUT2D eigenvalue weighted by molar-refractivity contribution is 5.42. The normalized spacial score (nSPS) is 10.7. The molecule has 0 spiro atoms. The average molecular weight is 298 g/mol. The molecular weight excluding hydrogens is 272 g/mol. The lowest BCUT2D eigenvalue weighted by Gasteiger charge is -2.15. The Hall–Kier alpha value is -2.00. The predicted octanol–water partition coefficient (Wildman–Crippen LogP) is 4.54. The molecule has 0 aliphatic heterocycles. The highest BCUT2D eigenvalue weighted by atomic mass is 16.5. The van der Waals surface area contributed by atoms with Gasteiger partial charge in [-0.2, -0.15) is 0 Å². The number of hydrogen-bond donors (Lipinski definition) is 2. The quantitative estimate of drug-likeness (QED) is 0.702. The maximum Gasteiger partial charge on any atom is 0.123 e. The second kappa shape index (κ2) is 8.44. The number of para-hydroxylation sites is 1. The van der Waals surface area contributed by atoms with Crippen LogP contribution in [0.4, 0.5) is 5.69 Å². The van der Waals surface area contributed by atoms with Crippen molar-refractivity contribution in [2.24, 2.45) is 5.92 Å². The summed E-state index contributed by atoms with van der Waals surface area (Å²) < 4.78 is 5.94. The van der Waals surface area contributed by atoms with Crippen LogP contribution in [0.15, 0.2) is 48.5 Å². The number of benzene rings is 2. The van der Waals surface area contributed by atoms with Crippen molar-refractivity contribution in [2.75, 3.05) is 12.0 Å². The number of rotatable bonds is 8. The van der Waals surface area contributed by atoms with Gasteiger partial charge in [-0.05, 0) is 37.5 Å². The smallest absolute Gasteiger partial charge is 0.123 e. The second-order valence-corrected chi connectivity index (χ2v) is 5.99. The number of hydrazine groups is 1. The molecule has 2 N–H and O–H groups in total. The fourth-order valence-electron chi connectivity index (χ4n) is 2.15. The summed E-state index contributed by atoms with van der Waals surface area (Å²) in [5.41, 5.74) is 9.93. The number of hydrogen-bond acceptors (Lipinski definition) is 3. The Labute approximate surface area is 133 Å². The molecule has 2 aromatic rings. The van der Waals surface area contributed by atoms with Gasteiger partial charge in [-0.25, -0.2) is 5.43 Å². The SMILES string of the molecule is Cc1ccc(OCCC(C)C)c(CNNc2ccccc2)c1. The van der Waals surface area contributed by atoms with Crippen molar-refractivity contribution in [3.8, 4) is 5.75 Å². The van der Waals surface area contributed by atoms with E-state index in [1.54, 1.807) is 0 Å². The lowest BCUT2D eigenvalue weighted by Crippen LogP contribution is -2.21. The van der Waals surface area contributed by atoms with Gasteiger partial charge in [0.1, 0.15) is 5.75 Å². The fraction of sp³-hybridized carbons (Fsp3) is 0.368. The molecule has 2 aromatic carbocycles. The molecule has 0 fully saturated rings. The van der Waals surface area contributed by atoms with E-state index >= 15 is 0 Å². The Balaban J connectivity index is 1.92. The monoisotopic (exact) mass is 298 g/mol. The van der Waals surface area contributed by atoms with Gasteiger partial charge in [0.15, 0.2) is 0 Å². The third kappa shape index (κ3) is 5.41. The Kier molecular flexibility index (Phi) is 6.28. The zero-order chi connectivity index (χ0) is 15.8. The fourth-order valence-corrected chi connectivity index (χ4v) is 2.15. The molecular formula is C19H26N2O. The van der Waals surface area contributed by atoms with Gasteiger partial charge < -0.3 is 10.2 Å². The minimum atomic E-state index is 0.659. The molecule has 3 nitrogen and oxygen atoms in total. The van der Waals surface area contributed by atoms with Gasteiger partial charge in [0.25, 0.3) is 0 Å². The molecule has 0 atom stereocenters. The van der Waals surface area contributed by atoms with Crippen molar-refractivity contribution < 1.29 is 4.74 Å². The zero-order valence-corrected chi connectivity index (χ0v) is 13.7. The first-order valence-electron chi connectivity index (χ1n) is 7.91. The van der Waals surface area contributed by atoms with Crippen LogP contribution >= 0.6 is 0 Å². The Morgan fingerprint density at radius 3 is 2.55 bits per heavy atom. The summed E-state index contributed by atoms with van der Waals surface area (Å²) in [5, 5.41) is 0. The van der Waals surface area contributed by atoms with E-state index in [1.807, 2.05) is 30.3 Å². The van der Waals surface area contributed by atoms with Crippen molar-refractivity contribution in [3.05, 3.63) is 59.7 Å². The minimum Gasteiger partial charge on any atom is -0.493 e. The number of aryl methyl sites for hydroxylation is 1. The van der Waals surface area contributed by atoms with Crippen LogP contribution < -0.4 is 15.6 Å². The molecule has 0 heterocycles. The van der Waals surface area contributed by atoms with Crippen molar-refractivity contribution in [1.29, 1.82) is 0 Å². The molecule has 0 saturated carbocycles. The first kappa shape index (κ1) is 16.4. The van der Waals surface area contributed by atoms with Gasteiger partial charge in [-0.3, -0.25) is 0 Å². The van der Waals surface area contributed by atoms with E-state index < -0.39 is 0 Å². The Morgan fingerprint density at radius 2 is 1.82 bits per heavy atom. The molecule has 0 saturated heterocycles. The van der Waals surface area contributed by atoms with Crippen LogP contribution in [0, 0.1) is 12.8 Å². The number of ether oxygens (including phenoxy) is 1. The summed E-state index contributed by atoms with van der Waals surface area (Å²) in [4.78, 5) is 0. The molecule has 0 amide bonds. The average Bonchev–Trinajstić information content (AvgIpc) is 2.50. The molecule has 3 heteroatoms. The van der Waals surface area contributed by atoms with E-state index in [0.717, 1.165) is 24.5 Å². The minimum absolute atomic E-state index is 0.659. The van der Waals surface area contributed by atoms with Crippen molar-refractivity contribution >= 4 is 5.69 Å². The van der Waals surface area contributed by atoms with Crippen LogP contribution in [0.2, 0.25) is 0 Å². The van der Waals surface area contributed by atoms with Gasteiger partial charge >= 0.3 is 0 Å².